The van der Waals surface area contributed by atoms with Crippen LogP contribution in [0.3, 0.4) is 0 Å². The first-order valence-corrected chi connectivity index (χ1v) is 21.7. The molecule has 264 valence electrons. The molecule has 6 nitrogen and oxygen atoms in total. The molecular weight excluding hydrogens is 1160 g/mol. The average molecular weight is 1190 g/mol. The van der Waals surface area contributed by atoms with Crippen molar-refractivity contribution < 1.29 is 19.2 Å². The second-order valence-corrected chi connectivity index (χ2v) is 16.4. The highest BCUT2D eigenvalue weighted by atomic mass is 79.9. The van der Waals surface area contributed by atoms with Crippen LogP contribution in [0.25, 0.3) is 0 Å². The highest BCUT2D eigenvalue weighted by molar-refractivity contribution is 9.15. The highest BCUT2D eigenvalue weighted by Gasteiger charge is 2.44. The van der Waals surface area contributed by atoms with Gasteiger partial charge in [0, 0.05) is 48.9 Å². The maximum atomic E-state index is 13.0. The van der Waals surface area contributed by atoms with E-state index in [0.29, 0.717) is 35.8 Å². The minimum atomic E-state index is -0.518. The van der Waals surface area contributed by atoms with Crippen LogP contribution in [0.15, 0.2) is 96.4 Å². The zero-order valence-electron chi connectivity index (χ0n) is 27.2. The maximum absolute atomic E-state index is 13.0. The van der Waals surface area contributed by atoms with Crippen molar-refractivity contribution in [2.24, 2.45) is 0 Å². The zero-order valence-corrected chi connectivity index (χ0v) is 39.8. The topological polar surface area (TPSA) is 74.8 Å². The summed E-state index contributed by atoms with van der Waals surface area (Å²) >= 11 is 27.0. The number of hydrogen-bond donors (Lipinski definition) is 0. The number of imide groups is 2. The molecule has 50 heavy (non-hydrogen) atoms. The summed E-state index contributed by atoms with van der Waals surface area (Å²) in [4.78, 5) is 54.2. The summed E-state index contributed by atoms with van der Waals surface area (Å²) in [6.07, 6.45) is 2.26. The summed E-state index contributed by atoms with van der Waals surface area (Å²) in [5, 5.41) is 0. The van der Waals surface area contributed by atoms with Gasteiger partial charge in [0.1, 0.15) is 0 Å². The van der Waals surface area contributed by atoms with Crippen molar-refractivity contribution in [2.75, 3.05) is 13.1 Å². The molecule has 0 aromatic heterocycles. The lowest BCUT2D eigenvalue weighted by Crippen LogP contribution is -2.40. The van der Waals surface area contributed by atoms with Crippen LogP contribution in [0.5, 0.6) is 0 Å². The van der Waals surface area contributed by atoms with Crippen LogP contribution >= 0.6 is 127 Å². The van der Waals surface area contributed by atoms with Crippen molar-refractivity contribution in [2.45, 2.75) is 40.5 Å². The fraction of sp³-hybridized carbons (Fsp3) is 0.222. The van der Waals surface area contributed by atoms with Gasteiger partial charge in [-0.2, -0.15) is 0 Å². The molecule has 0 bridgehead atoms. The Kier molecular flexibility index (Phi) is 17.3. The number of fused-ring (bicyclic) bond motifs is 2. The molecule has 2 aliphatic heterocycles. The lowest BCUT2D eigenvalue weighted by Gasteiger charge is -2.19. The number of halogens is 8. The zero-order chi connectivity index (χ0) is 37.4. The van der Waals surface area contributed by atoms with E-state index in [-0.39, 0.29) is 35.3 Å². The molecule has 0 saturated carbocycles. The summed E-state index contributed by atoms with van der Waals surface area (Å²) in [7, 11) is 0. The Balaban J connectivity index is 0.000000312. The molecule has 0 N–H and O–H groups in total. The van der Waals surface area contributed by atoms with Crippen LogP contribution in [0.4, 0.5) is 0 Å². The lowest BCUT2D eigenvalue weighted by atomic mass is 10.0. The minimum absolute atomic E-state index is 0.149. The standard InChI is InChI=1S/C18H4Br8N2O4.C14H14.2C2H6/c19-7-3-4(8(20)12(24)11(7)23)16(30)27(15(3)29)1-2-28-17(31)5-6(18(28)32)10(22)14(26)13(25)9(5)21;1-3-7-13(8-4-1)11-12-14-9-5-2-6-10-14;2*1-2/h1-2H2;1-10H,11-12H2;2*1-2H3. The van der Waals surface area contributed by atoms with E-state index in [1.807, 2.05) is 27.7 Å². The van der Waals surface area contributed by atoms with E-state index in [1.165, 1.54) is 11.1 Å². The van der Waals surface area contributed by atoms with E-state index in [4.69, 9.17) is 0 Å². The van der Waals surface area contributed by atoms with Gasteiger partial charge in [0.15, 0.2) is 0 Å². The fourth-order valence-corrected chi connectivity index (χ4v) is 9.89. The fourth-order valence-electron chi connectivity index (χ4n) is 4.98. The molecule has 4 aromatic rings. The average Bonchev–Trinajstić information content (AvgIpc) is 3.55. The van der Waals surface area contributed by atoms with Crippen LogP contribution in [0.2, 0.25) is 0 Å². The second kappa shape index (κ2) is 19.9. The van der Waals surface area contributed by atoms with Crippen molar-refractivity contribution >= 4 is 151 Å². The molecule has 4 amide bonds. The highest BCUT2D eigenvalue weighted by Crippen LogP contribution is 2.47. The Labute approximate surface area is 359 Å². The first kappa shape index (κ1) is 43.4. The third kappa shape index (κ3) is 9.02. The van der Waals surface area contributed by atoms with Crippen molar-refractivity contribution in [3.63, 3.8) is 0 Å². The molecule has 14 heteroatoms. The van der Waals surface area contributed by atoms with Crippen LogP contribution in [-0.4, -0.2) is 46.5 Å². The van der Waals surface area contributed by atoms with Gasteiger partial charge in [0.25, 0.3) is 23.6 Å². The number of hydrogen-bond acceptors (Lipinski definition) is 4. The molecule has 0 unspecified atom stereocenters. The van der Waals surface area contributed by atoms with Gasteiger partial charge in [-0.1, -0.05) is 88.4 Å². The van der Waals surface area contributed by atoms with Crippen LogP contribution in [-0.2, 0) is 12.8 Å². The summed E-state index contributed by atoms with van der Waals surface area (Å²) < 4.78 is 4.07. The van der Waals surface area contributed by atoms with Gasteiger partial charge in [0.2, 0.25) is 0 Å². The lowest BCUT2D eigenvalue weighted by molar-refractivity contribution is 0.0560. The smallest absolute Gasteiger partial charge is 0.262 e. The first-order valence-electron chi connectivity index (χ1n) is 15.4. The number of carbonyl (C=O) groups excluding carboxylic acids is 4. The normalized spacial score (nSPS) is 12.8. The number of aryl methyl sites for hydroxylation is 2. The molecule has 0 atom stereocenters. The van der Waals surface area contributed by atoms with Crippen LogP contribution in [0, 0.1) is 0 Å². The number of rotatable bonds is 6. The quantitative estimate of drug-likeness (QED) is 0.110. The maximum Gasteiger partial charge on any atom is 0.262 e. The Morgan fingerprint density at radius 1 is 0.380 bits per heavy atom. The molecule has 6 rings (SSSR count). The van der Waals surface area contributed by atoms with Gasteiger partial charge in [0.05, 0.1) is 22.3 Å². The second-order valence-electron chi connectivity index (χ2n) is 10.0. The van der Waals surface area contributed by atoms with Crippen molar-refractivity contribution in [1.82, 2.24) is 9.80 Å². The summed E-state index contributed by atoms with van der Waals surface area (Å²) in [5.74, 6) is -2.07. The van der Waals surface area contributed by atoms with Crippen molar-refractivity contribution in [1.29, 1.82) is 0 Å². The number of benzene rings is 4. The summed E-state index contributed by atoms with van der Waals surface area (Å²) in [5.41, 5.74) is 3.65. The van der Waals surface area contributed by atoms with Gasteiger partial charge in [-0.05, 0) is 151 Å². The van der Waals surface area contributed by atoms with Gasteiger partial charge < -0.3 is 0 Å². The van der Waals surface area contributed by atoms with Crippen molar-refractivity contribution in [3.8, 4) is 0 Å². The molecule has 4 aromatic carbocycles. The number of amides is 4. The van der Waals surface area contributed by atoms with E-state index < -0.39 is 23.6 Å². The first-order chi connectivity index (χ1) is 23.9. The van der Waals surface area contributed by atoms with Gasteiger partial charge in [-0.3, -0.25) is 29.0 Å². The Hall–Kier alpha value is -1.00. The van der Waals surface area contributed by atoms with Crippen LogP contribution in [0.1, 0.15) is 80.3 Å². The molecule has 0 radical (unpaired) electrons. The Morgan fingerprint density at radius 2 is 0.600 bits per heavy atom. The van der Waals surface area contributed by atoms with Crippen molar-refractivity contribution in [3.05, 3.63) is 130 Å². The monoisotopic (exact) mass is 1190 g/mol. The Morgan fingerprint density at radius 3 is 0.820 bits per heavy atom. The molecule has 0 fully saturated rings. The van der Waals surface area contributed by atoms with E-state index in [9.17, 15) is 19.2 Å². The van der Waals surface area contributed by atoms with Gasteiger partial charge >= 0.3 is 0 Å². The number of carbonyl (C=O) groups is 4. The minimum Gasteiger partial charge on any atom is -0.272 e. The number of nitrogens with zero attached hydrogens (tertiary/aromatic N) is 2. The molecule has 0 saturated heterocycles. The Bertz CT molecular complexity index is 1690. The van der Waals surface area contributed by atoms with E-state index in [0.717, 1.165) is 22.6 Å². The molecule has 0 spiro atoms. The molecule has 2 heterocycles. The predicted octanol–water partition coefficient (Wildman–Crippen LogP) is 13.2. The molecular formula is C36H30Br8N2O4. The third-order valence-corrected chi connectivity index (χ3v) is 16.8. The molecule has 0 aliphatic carbocycles. The van der Waals surface area contributed by atoms with Crippen LogP contribution < -0.4 is 0 Å². The van der Waals surface area contributed by atoms with Gasteiger partial charge in [-0.25, -0.2) is 0 Å². The third-order valence-electron chi connectivity index (χ3n) is 7.31. The predicted molar refractivity (Wildman–Crippen MR) is 228 cm³/mol. The van der Waals surface area contributed by atoms with E-state index in [1.54, 1.807) is 0 Å². The summed E-state index contributed by atoms with van der Waals surface area (Å²) in [6.45, 7) is 7.70. The van der Waals surface area contributed by atoms with Gasteiger partial charge in [-0.15, -0.1) is 0 Å². The SMILES string of the molecule is CC.CC.O=C1c2c(Br)c(Br)c(Br)c(Br)c2C(=O)N1CCN1C(=O)c2c(Br)c(Br)c(Br)c(Br)c2C1=O.c1ccc(CCc2ccccc2)cc1. The van der Waals surface area contributed by atoms with E-state index in [2.05, 4.69) is 188 Å². The molecule has 2 aliphatic rings. The van der Waals surface area contributed by atoms with E-state index >= 15 is 0 Å². The largest absolute Gasteiger partial charge is 0.272 e. The summed E-state index contributed by atoms with van der Waals surface area (Å²) in [6, 6.07) is 21.2.